The fourth-order valence-electron chi connectivity index (χ4n) is 5.79. The molecule has 1 aliphatic carbocycles. The molecule has 254 valence electrons. The van der Waals surface area contributed by atoms with E-state index < -0.39 is 104 Å². The van der Waals surface area contributed by atoms with Gasteiger partial charge in [-0.2, -0.15) is 0 Å². The number of fused-ring (bicyclic) bond motifs is 1. The summed E-state index contributed by atoms with van der Waals surface area (Å²) in [6.45, 7) is 6.43. The second-order valence-electron chi connectivity index (χ2n) is 11.7. The van der Waals surface area contributed by atoms with Crippen molar-refractivity contribution in [2.24, 2.45) is 17.8 Å². The molecular formula is C29H42O16. The molecule has 16 nitrogen and oxygen atoms in total. The van der Waals surface area contributed by atoms with E-state index in [1.54, 1.807) is 0 Å². The fraction of sp³-hybridized carbons (Fsp3) is 0.759. The highest BCUT2D eigenvalue weighted by Crippen LogP contribution is 2.51. The number of rotatable bonds is 12. The molecule has 16 heteroatoms. The van der Waals surface area contributed by atoms with E-state index in [1.807, 2.05) is 13.8 Å². The van der Waals surface area contributed by atoms with Gasteiger partial charge < -0.3 is 53.2 Å². The van der Waals surface area contributed by atoms with Gasteiger partial charge in [-0.1, -0.05) is 13.8 Å². The van der Waals surface area contributed by atoms with E-state index in [2.05, 4.69) is 0 Å². The van der Waals surface area contributed by atoms with Crippen LogP contribution in [0.25, 0.3) is 0 Å². The van der Waals surface area contributed by atoms with Gasteiger partial charge in [-0.15, -0.1) is 0 Å². The van der Waals surface area contributed by atoms with Crippen molar-refractivity contribution in [3.8, 4) is 0 Å². The first-order valence-corrected chi connectivity index (χ1v) is 14.5. The van der Waals surface area contributed by atoms with Gasteiger partial charge in [0.15, 0.2) is 18.5 Å². The molecule has 1 saturated carbocycles. The van der Waals surface area contributed by atoms with Gasteiger partial charge in [0.1, 0.15) is 30.5 Å². The molecular weight excluding hydrogens is 604 g/mol. The molecule has 2 heterocycles. The van der Waals surface area contributed by atoms with Crippen LogP contribution in [0.15, 0.2) is 11.8 Å². The van der Waals surface area contributed by atoms with Gasteiger partial charge in [-0.25, -0.2) is 0 Å². The molecule has 3 rings (SSSR count). The van der Waals surface area contributed by atoms with Crippen LogP contribution in [-0.4, -0.2) is 114 Å². The molecule has 0 aromatic rings. The Labute approximate surface area is 259 Å². The van der Waals surface area contributed by atoms with Crippen molar-refractivity contribution in [1.29, 1.82) is 0 Å². The van der Waals surface area contributed by atoms with Gasteiger partial charge in [-0.3, -0.25) is 24.0 Å². The van der Waals surface area contributed by atoms with Crippen molar-refractivity contribution in [3.63, 3.8) is 0 Å². The number of carbonyl (C=O) groups is 5. The number of hydrogen-bond acceptors (Lipinski definition) is 16. The SMILES string of the molecule is CC(=O)OCC1(O)C(OC(C)=O)CC2C(COC3OC(CO)C(O)C(OC(C)=O)C3OC(C)=O)=COC(OC(=O)CC(C)C)C21. The zero-order valence-electron chi connectivity index (χ0n) is 26.0. The zero-order chi connectivity index (χ0) is 33.6. The molecule has 2 aliphatic heterocycles. The second kappa shape index (κ2) is 15.3. The molecule has 0 radical (unpaired) electrons. The first-order valence-electron chi connectivity index (χ1n) is 14.5. The molecule has 0 bridgehead atoms. The minimum atomic E-state index is -2.06. The molecule has 10 unspecified atom stereocenters. The monoisotopic (exact) mass is 646 g/mol. The lowest BCUT2D eigenvalue weighted by atomic mass is 9.80. The summed E-state index contributed by atoms with van der Waals surface area (Å²) < 4.78 is 44.0. The van der Waals surface area contributed by atoms with Gasteiger partial charge >= 0.3 is 29.8 Å². The number of aliphatic hydroxyl groups is 3. The van der Waals surface area contributed by atoms with Crippen LogP contribution < -0.4 is 0 Å². The van der Waals surface area contributed by atoms with Crippen molar-refractivity contribution in [2.75, 3.05) is 19.8 Å². The van der Waals surface area contributed by atoms with Gasteiger partial charge in [0.2, 0.25) is 6.29 Å². The van der Waals surface area contributed by atoms with Gasteiger partial charge in [0.25, 0.3) is 0 Å². The molecule has 3 aliphatic rings. The molecule has 3 N–H and O–H groups in total. The highest BCUT2D eigenvalue weighted by Gasteiger charge is 2.63. The number of carbonyl (C=O) groups excluding carboxylic acids is 5. The van der Waals surface area contributed by atoms with E-state index in [9.17, 15) is 39.3 Å². The smallest absolute Gasteiger partial charge is 0.309 e. The van der Waals surface area contributed by atoms with E-state index in [0.29, 0.717) is 5.57 Å². The molecule has 2 fully saturated rings. The van der Waals surface area contributed by atoms with E-state index in [-0.39, 0.29) is 25.4 Å². The summed E-state index contributed by atoms with van der Waals surface area (Å²) in [5, 5.41) is 32.3. The third kappa shape index (κ3) is 8.91. The Morgan fingerprint density at radius 3 is 2.11 bits per heavy atom. The minimum Gasteiger partial charge on any atom is -0.463 e. The van der Waals surface area contributed by atoms with Crippen LogP contribution in [0.2, 0.25) is 0 Å². The van der Waals surface area contributed by atoms with E-state index in [4.69, 9.17) is 37.9 Å². The van der Waals surface area contributed by atoms with Crippen molar-refractivity contribution < 1.29 is 77.2 Å². The summed E-state index contributed by atoms with van der Waals surface area (Å²) in [4.78, 5) is 60.1. The van der Waals surface area contributed by atoms with Gasteiger partial charge in [0.05, 0.1) is 25.4 Å². The van der Waals surface area contributed by atoms with Crippen LogP contribution in [0.4, 0.5) is 0 Å². The number of aliphatic hydroxyl groups excluding tert-OH is 2. The van der Waals surface area contributed by atoms with Crippen LogP contribution in [0.5, 0.6) is 0 Å². The topological polar surface area (TPSA) is 220 Å². The Balaban J connectivity index is 1.95. The predicted octanol–water partition coefficient (Wildman–Crippen LogP) is -0.364. The van der Waals surface area contributed by atoms with Gasteiger partial charge in [-0.05, 0) is 17.9 Å². The molecule has 1 saturated heterocycles. The van der Waals surface area contributed by atoms with Crippen molar-refractivity contribution in [1.82, 2.24) is 0 Å². The normalized spacial score (nSPS) is 34.1. The largest absolute Gasteiger partial charge is 0.463 e. The van der Waals surface area contributed by atoms with Crippen molar-refractivity contribution in [2.45, 2.75) is 103 Å². The standard InChI is InChI=1S/C29H42O16/c1-13(2)7-22(35)45-27-23-19(8-21(41-15(4)32)29(23,37)12-40-14(3)31)18(10-38-27)11-39-28-26(43-17(6)34)25(42-16(5)33)24(36)20(9-30)44-28/h10,13,19-21,23-28,30,36-37H,7-9,11-12H2,1-6H3. The molecule has 0 amide bonds. The lowest BCUT2D eigenvalue weighted by Gasteiger charge is -2.43. The van der Waals surface area contributed by atoms with E-state index in [1.165, 1.54) is 6.26 Å². The molecule has 0 aromatic carbocycles. The molecule has 10 atom stereocenters. The summed E-state index contributed by atoms with van der Waals surface area (Å²) in [5.74, 6) is -5.55. The summed E-state index contributed by atoms with van der Waals surface area (Å²) in [6.07, 6.45) is -8.53. The average molecular weight is 647 g/mol. The number of hydrogen-bond donors (Lipinski definition) is 3. The second-order valence-corrected chi connectivity index (χ2v) is 11.7. The fourth-order valence-corrected chi connectivity index (χ4v) is 5.79. The van der Waals surface area contributed by atoms with Crippen LogP contribution in [0.3, 0.4) is 0 Å². The summed E-state index contributed by atoms with van der Waals surface area (Å²) >= 11 is 0. The predicted molar refractivity (Wildman–Crippen MR) is 146 cm³/mol. The number of ether oxygens (including phenoxy) is 8. The van der Waals surface area contributed by atoms with Crippen LogP contribution in [0, 0.1) is 17.8 Å². The highest BCUT2D eigenvalue weighted by atomic mass is 16.7. The van der Waals surface area contributed by atoms with Crippen molar-refractivity contribution >= 4 is 29.8 Å². The molecule has 0 spiro atoms. The Hall–Kier alpha value is -3.31. The zero-order valence-corrected chi connectivity index (χ0v) is 26.0. The van der Waals surface area contributed by atoms with Gasteiger partial charge in [0, 0.05) is 40.0 Å². The molecule has 0 aromatic heterocycles. The average Bonchev–Trinajstić information content (AvgIpc) is 3.21. The maximum atomic E-state index is 12.6. The van der Waals surface area contributed by atoms with E-state index in [0.717, 1.165) is 27.7 Å². The number of esters is 5. The Kier molecular flexibility index (Phi) is 12.3. The van der Waals surface area contributed by atoms with Crippen LogP contribution in [-0.2, 0) is 61.9 Å². The van der Waals surface area contributed by atoms with Crippen LogP contribution >= 0.6 is 0 Å². The third-order valence-corrected chi connectivity index (χ3v) is 7.61. The maximum absolute atomic E-state index is 12.6. The summed E-state index contributed by atoms with van der Waals surface area (Å²) in [7, 11) is 0. The van der Waals surface area contributed by atoms with Crippen molar-refractivity contribution in [3.05, 3.63) is 11.8 Å². The summed E-state index contributed by atoms with van der Waals surface area (Å²) in [6, 6.07) is 0. The Morgan fingerprint density at radius 2 is 1.56 bits per heavy atom. The molecule has 45 heavy (non-hydrogen) atoms. The highest BCUT2D eigenvalue weighted by molar-refractivity contribution is 5.70. The summed E-state index contributed by atoms with van der Waals surface area (Å²) in [5.41, 5.74) is -1.70. The first-order chi connectivity index (χ1) is 21.1. The third-order valence-electron chi connectivity index (χ3n) is 7.61. The van der Waals surface area contributed by atoms with Crippen LogP contribution in [0.1, 0.15) is 54.4 Å². The quantitative estimate of drug-likeness (QED) is 0.182. The lowest BCUT2D eigenvalue weighted by molar-refractivity contribution is -0.304. The Bertz CT molecular complexity index is 1140. The Morgan fingerprint density at radius 1 is 0.933 bits per heavy atom. The lowest BCUT2D eigenvalue weighted by Crippen LogP contribution is -2.61. The van der Waals surface area contributed by atoms with E-state index >= 15 is 0 Å². The maximum Gasteiger partial charge on any atom is 0.309 e. The first kappa shape index (κ1) is 36.2. The minimum absolute atomic E-state index is 0.0221.